The van der Waals surface area contributed by atoms with Gasteiger partial charge in [0.05, 0.1) is 5.02 Å². The predicted octanol–water partition coefficient (Wildman–Crippen LogP) is 3.26. The van der Waals surface area contributed by atoms with Gasteiger partial charge in [-0.05, 0) is 40.8 Å². The van der Waals surface area contributed by atoms with Crippen molar-refractivity contribution in [2.75, 3.05) is 0 Å². The van der Waals surface area contributed by atoms with Gasteiger partial charge in [0.15, 0.2) is 11.5 Å². The molecule has 4 heterocycles. The summed E-state index contributed by atoms with van der Waals surface area (Å²) in [5, 5.41) is 26.2. The maximum atomic E-state index is 6.28. The molecule has 0 amide bonds. The monoisotopic (exact) mass is 388 g/mol. The summed E-state index contributed by atoms with van der Waals surface area (Å²) < 4.78 is 3.26. The molecule has 5 rings (SSSR count). The summed E-state index contributed by atoms with van der Waals surface area (Å²) >= 11 is 13.7. The summed E-state index contributed by atoms with van der Waals surface area (Å²) in [5.74, 6) is 0.558. The van der Waals surface area contributed by atoms with Crippen LogP contribution in [0.25, 0.3) is 32.6 Å². The summed E-state index contributed by atoms with van der Waals surface area (Å²) in [4.78, 5) is 0.660. The Kier molecular flexibility index (Phi) is 3.20. The number of fused-ring (bicyclic) bond motifs is 2. The van der Waals surface area contributed by atoms with Crippen molar-refractivity contribution in [2.24, 2.45) is 0 Å². The van der Waals surface area contributed by atoms with Gasteiger partial charge in [-0.1, -0.05) is 34.5 Å². The SMILES string of the molecule is Clc1ccc(-c2nnc3sc(-c4ccc5nnnn5c4)nn23)c(Cl)c1. The molecule has 4 aromatic heterocycles. The molecule has 1 aromatic carbocycles. The van der Waals surface area contributed by atoms with Gasteiger partial charge in [-0.15, -0.1) is 15.3 Å². The van der Waals surface area contributed by atoms with E-state index in [1.54, 1.807) is 27.2 Å². The van der Waals surface area contributed by atoms with Crippen LogP contribution in [-0.2, 0) is 0 Å². The molecule has 0 aliphatic heterocycles. The number of tetrazole rings is 1. The van der Waals surface area contributed by atoms with Gasteiger partial charge in [-0.3, -0.25) is 0 Å². The fourth-order valence-electron chi connectivity index (χ4n) is 2.44. The van der Waals surface area contributed by atoms with Gasteiger partial charge in [-0.25, -0.2) is 0 Å². The zero-order valence-corrected chi connectivity index (χ0v) is 14.5. The largest absolute Gasteiger partial charge is 0.235 e. The lowest BCUT2D eigenvalue weighted by Crippen LogP contribution is -1.93. The summed E-state index contributed by atoms with van der Waals surface area (Å²) in [6, 6.07) is 8.95. The minimum Gasteiger partial charge on any atom is -0.200 e. The van der Waals surface area contributed by atoms with Gasteiger partial charge in [0, 0.05) is 22.3 Å². The second-order valence-corrected chi connectivity index (χ2v) is 6.95. The third-order valence-electron chi connectivity index (χ3n) is 3.60. The second-order valence-electron chi connectivity index (χ2n) is 5.15. The molecule has 5 aromatic rings. The fourth-order valence-corrected chi connectivity index (χ4v) is 3.76. The van der Waals surface area contributed by atoms with Crippen LogP contribution in [0.4, 0.5) is 0 Å². The van der Waals surface area contributed by atoms with E-state index in [1.165, 1.54) is 11.3 Å². The number of halogens is 2. The first kappa shape index (κ1) is 14.7. The van der Waals surface area contributed by atoms with E-state index in [0.29, 0.717) is 32.0 Å². The predicted molar refractivity (Wildman–Crippen MR) is 93.9 cm³/mol. The summed E-state index contributed by atoms with van der Waals surface area (Å²) in [6.07, 6.45) is 1.82. The number of pyridine rings is 1. The lowest BCUT2D eigenvalue weighted by Gasteiger charge is -2.01. The molecule has 122 valence electrons. The number of hydrogen-bond donors (Lipinski definition) is 0. The smallest absolute Gasteiger partial charge is 0.200 e. The van der Waals surface area contributed by atoms with Gasteiger partial charge in [0.1, 0.15) is 5.01 Å². The highest BCUT2D eigenvalue weighted by molar-refractivity contribution is 7.19. The van der Waals surface area contributed by atoms with E-state index in [2.05, 4.69) is 30.8 Å². The standard InChI is InChI=1S/C14H6Cl2N8S/c15-8-2-3-9(10(16)5-8)12-18-19-14-24(12)20-13(25-14)7-1-4-11-17-21-22-23(11)6-7/h1-6H. The average molecular weight is 389 g/mol. The first-order valence-corrected chi connectivity index (χ1v) is 8.62. The van der Waals surface area contributed by atoms with Crippen molar-refractivity contribution in [2.45, 2.75) is 0 Å². The van der Waals surface area contributed by atoms with Crippen LogP contribution in [0, 0.1) is 0 Å². The Labute approximate surface area is 153 Å². The van der Waals surface area contributed by atoms with Gasteiger partial charge in [-0.2, -0.15) is 14.1 Å². The minimum absolute atomic E-state index is 0.492. The molecule has 0 spiro atoms. The zero-order chi connectivity index (χ0) is 17.0. The van der Waals surface area contributed by atoms with E-state index in [0.717, 1.165) is 10.6 Å². The Morgan fingerprint density at radius 3 is 2.80 bits per heavy atom. The average Bonchev–Trinajstić information content (AvgIpc) is 3.29. The molecule has 25 heavy (non-hydrogen) atoms. The third kappa shape index (κ3) is 2.36. The Morgan fingerprint density at radius 2 is 1.92 bits per heavy atom. The van der Waals surface area contributed by atoms with Crippen molar-refractivity contribution in [3.05, 3.63) is 46.6 Å². The molecule has 0 saturated heterocycles. The van der Waals surface area contributed by atoms with Crippen LogP contribution in [-0.4, -0.2) is 39.9 Å². The molecule has 0 aliphatic rings. The van der Waals surface area contributed by atoms with Crippen LogP contribution in [0.3, 0.4) is 0 Å². The molecule has 11 heteroatoms. The molecule has 0 aliphatic carbocycles. The Bertz CT molecular complexity index is 1240. The van der Waals surface area contributed by atoms with Crippen molar-refractivity contribution >= 4 is 45.1 Å². The number of benzene rings is 1. The number of rotatable bonds is 2. The molecular weight excluding hydrogens is 383 g/mol. The van der Waals surface area contributed by atoms with E-state index >= 15 is 0 Å². The van der Waals surface area contributed by atoms with E-state index in [1.807, 2.05) is 18.3 Å². The highest BCUT2D eigenvalue weighted by Gasteiger charge is 2.17. The van der Waals surface area contributed by atoms with Crippen molar-refractivity contribution in [1.82, 2.24) is 39.9 Å². The minimum atomic E-state index is 0.492. The van der Waals surface area contributed by atoms with Crippen LogP contribution >= 0.6 is 34.5 Å². The van der Waals surface area contributed by atoms with Crippen molar-refractivity contribution in [3.63, 3.8) is 0 Å². The lowest BCUT2D eigenvalue weighted by atomic mass is 10.2. The molecular formula is C14H6Cl2N8S. The van der Waals surface area contributed by atoms with Gasteiger partial charge in [0.2, 0.25) is 4.96 Å². The Morgan fingerprint density at radius 1 is 1.00 bits per heavy atom. The summed E-state index contributed by atoms with van der Waals surface area (Å²) in [5.41, 5.74) is 2.26. The van der Waals surface area contributed by atoms with Crippen LogP contribution in [0.1, 0.15) is 0 Å². The first-order valence-electron chi connectivity index (χ1n) is 7.05. The van der Waals surface area contributed by atoms with Crippen molar-refractivity contribution < 1.29 is 0 Å². The lowest BCUT2D eigenvalue weighted by molar-refractivity contribution is 0.823. The van der Waals surface area contributed by atoms with Gasteiger partial charge in [0.25, 0.3) is 0 Å². The Hall–Kier alpha value is -2.62. The van der Waals surface area contributed by atoms with Crippen LogP contribution in [0.15, 0.2) is 36.5 Å². The molecule has 0 atom stereocenters. The normalized spacial score (nSPS) is 11.6. The van der Waals surface area contributed by atoms with E-state index in [-0.39, 0.29) is 0 Å². The zero-order valence-electron chi connectivity index (χ0n) is 12.2. The highest BCUT2D eigenvalue weighted by Crippen LogP contribution is 2.32. The second kappa shape index (κ2) is 5.45. The van der Waals surface area contributed by atoms with E-state index in [4.69, 9.17) is 23.2 Å². The number of hydrogen-bond acceptors (Lipinski definition) is 7. The first-order chi connectivity index (χ1) is 12.2. The topological polar surface area (TPSA) is 86.2 Å². The molecule has 0 N–H and O–H groups in total. The third-order valence-corrected chi connectivity index (χ3v) is 5.10. The quantitative estimate of drug-likeness (QED) is 0.461. The maximum absolute atomic E-state index is 6.28. The molecule has 0 unspecified atom stereocenters. The van der Waals surface area contributed by atoms with Crippen LogP contribution in [0.2, 0.25) is 10.0 Å². The van der Waals surface area contributed by atoms with Crippen LogP contribution < -0.4 is 0 Å². The molecule has 0 bridgehead atoms. The highest BCUT2D eigenvalue weighted by atomic mass is 35.5. The van der Waals surface area contributed by atoms with Gasteiger partial charge < -0.3 is 0 Å². The Balaban J connectivity index is 1.66. The fraction of sp³-hybridized carbons (Fsp3) is 0. The number of aromatic nitrogens is 8. The van der Waals surface area contributed by atoms with Crippen molar-refractivity contribution in [3.8, 4) is 22.0 Å². The van der Waals surface area contributed by atoms with Crippen LogP contribution in [0.5, 0.6) is 0 Å². The number of nitrogens with zero attached hydrogens (tertiary/aromatic N) is 8. The maximum Gasteiger partial charge on any atom is 0.235 e. The summed E-state index contributed by atoms with van der Waals surface area (Å²) in [7, 11) is 0. The van der Waals surface area contributed by atoms with Gasteiger partial charge >= 0.3 is 0 Å². The molecule has 8 nitrogen and oxygen atoms in total. The van der Waals surface area contributed by atoms with Crippen molar-refractivity contribution in [1.29, 1.82) is 0 Å². The molecule has 0 radical (unpaired) electrons. The van der Waals surface area contributed by atoms with E-state index in [9.17, 15) is 0 Å². The molecule has 0 saturated carbocycles. The molecule has 0 fully saturated rings. The summed E-state index contributed by atoms with van der Waals surface area (Å²) in [6.45, 7) is 0. The van der Waals surface area contributed by atoms with E-state index < -0.39 is 0 Å².